The molecule has 0 saturated carbocycles. The van der Waals surface area contributed by atoms with Gasteiger partial charge in [0.1, 0.15) is 5.82 Å². The molecule has 17 heavy (non-hydrogen) atoms. The van der Waals surface area contributed by atoms with Crippen LogP contribution in [0.3, 0.4) is 0 Å². The van der Waals surface area contributed by atoms with Crippen molar-refractivity contribution in [2.45, 2.75) is 0 Å². The van der Waals surface area contributed by atoms with E-state index >= 15 is 0 Å². The van der Waals surface area contributed by atoms with E-state index in [1.807, 2.05) is 0 Å². The Labute approximate surface area is 98.9 Å². The van der Waals surface area contributed by atoms with Gasteiger partial charge in [0.05, 0.1) is 24.6 Å². The molecule has 7 heteroatoms. The maximum atomic E-state index is 13.5. The predicted octanol–water partition coefficient (Wildman–Crippen LogP) is 1.01. The summed E-state index contributed by atoms with van der Waals surface area (Å²) in [5.41, 5.74) is -0.101. The van der Waals surface area contributed by atoms with Crippen LogP contribution in [-0.4, -0.2) is 34.8 Å². The summed E-state index contributed by atoms with van der Waals surface area (Å²) >= 11 is 0. The highest BCUT2D eigenvalue weighted by atomic mass is 32.2. The highest BCUT2D eigenvalue weighted by Crippen LogP contribution is 2.20. The number of benzene rings is 1. The van der Waals surface area contributed by atoms with Crippen molar-refractivity contribution in [3.05, 3.63) is 29.6 Å². The van der Waals surface area contributed by atoms with Crippen molar-refractivity contribution in [3.63, 3.8) is 0 Å². The summed E-state index contributed by atoms with van der Waals surface area (Å²) < 4.78 is 41.3. The Morgan fingerprint density at radius 1 is 1.41 bits per heavy atom. The summed E-state index contributed by atoms with van der Waals surface area (Å²) in [5, 5.41) is 0. The number of carbonyl (C=O) groups is 1. The van der Waals surface area contributed by atoms with E-state index in [1.165, 1.54) is 19.2 Å². The lowest BCUT2D eigenvalue weighted by atomic mass is 10.2. The van der Waals surface area contributed by atoms with E-state index < -0.39 is 21.8 Å². The van der Waals surface area contributed by atoms with Crippen LogP contribution in [0, 0.1) is 5.82 Å². The molecule has 0 radical (unpaired) electrons. The number of anilines is 1. The van der Waals surface area contributed by atoms with Gasteiger partial charge in [0, 0.05) is 7.05 Å². The molecule has 0 atom stereocenters. The number of nitrogens with zero attached hydrogens (tertiary/aromatic N) is 1. The van der Waals surface area contributed by atoms with Gasteiger partial charge >= 0.3 is 5.97 Å². The van der Waals surface area contributed by atoms with Crippen LogP contribution in [0.25, 0.3) is 0 Å². The maximum absolute atomic E-state index is 13.5. The highest BCUT2D eigenvalue weighted by molar-refractivity contribution is 7.92. The second-order valence-corrected chi connectivity index (χ2v) is 5.40. The summed E-state index contributed by atoms with van der Waals surface area (Å²) in [5.74, 6) is -1.64. The van der Waals surface area contributed by atoms with Crippen molar-refractivity contribution in [2.24, 2.45) is 0 Å². The van der Waals surface area contributed by atoms with Crippen LogP contribution in [0.5, 0.6) is 0 Å². The smallest absolute Gasteiger partial charge is 0.340 e. The quantitative estimate of drug-likeness (QED) is 0.762. The molecule has 0 aliphatic heterocycles. The Morgan fingerprint density at radius 2 is 2.00 bits per heavy atom. The van der Waals surface area contributed by atoms with Gasteiger partial charge < -0.3 is 4.74 Å². The minimum absolute atomic E-state index is 0.137. The monoisotopic (exact) mass is 261 g/mol. The van der Waals surface area contributed by atoms with E-state index in [2.05, 4.69) is 4.74 Å². The van der Waals surface area contributed by atoms with E-state index in [0.717, 1.165) is 23.7 Å². The van der Waals surface area contributed by atoms with Gasteiger partial charge in [-0.2, -0.15) is 0 Å². The molecular formula is C10H12FNO4S. The molecule has 0 spiro atoms. The van der Waals surface area contributed by atoms with Crippen molar-refractivity contribution in [1.29, 1.82) is 0 Å². The van der Waals surface area contributed by atoms with Crippen molar-refractivity contribution in [3.8, 4) is 0 Å². The van der Waals surface area contributed by atoms with Crippen molar-refractivity contribution < 1.29 is 22.3 Å². The Bertz CT molecular complexity index is 541. The van der Waals surface area contributed by atoms with Gasteiger partial charge in [-0.25, -0.2) is 17.6 Å². The lowest BCUT2D eigenvalue weighted by molar-refractivity contribution is 0.0595. The highest BCUT2D eigenvalue weighted by Gasteiger charge is 2.17. The third-order valence-corrected chi connectivity index (χ3v) is 3.42. The third kappa shape index (κ3) is 2.94. The van der Waals surface area contributed by atoms with Crippen LogP contribution in [0.15, 0.2) is 18.2 Å². The Hall–Kier alpha value is -1.63. The number of hydrogen-bond donors (Lipinski definition) is 0. The van der Waals surface area contributed by atoms with E-state index in [1.54, 1.807) is 0 Å². The number of methoxy groups -OCH3 is 1. The second-order valence-electron chi connectivity index (χ2n) is 3.39. The fourth-order valence-electron chi connectivity index (χ4n) is 1.17. The molecule has 94 valence electrons. The van der Waals surface area contributed by atoms with Gasteiger partial charge in [0.2, 0.25) is 10.0 Å². The van der Waals surface area contributed by atoms with Crippen molar-refractivity contribution in [1.82, 2.24) is 0 Å². The van der Waals surface area contributed by atoms with Crippen LogP contribution in [0.1, 0.15) is 10.4 Å². The molecule has 0 heterocycles. The zero-order valence-corrected chi connectivity index (χ0v) is 10.4. The lowest BCUT2D eigenvalue weighted by Crippen LogP contribution is -2.25. The number of rotatable bonds is 3. The number of sulfonamides is 1. The average molecular weight is 261 g/mol. The van der Waals surface area contributed by atoms with E-state index in [0.29, 0.717) is 0 Å². The van der Waals surface area contributed by atoms with Gasteiger partial charge in [-0.3, -0.25) is 4.31 Å². The zero-order valence-electron chi connectivity index (χ0n) is 9.60. The molecule has 0 amide bonds. The van der Waals surface area contributed by atoms with E-state index in [9.17, 15) is 17.6 Å². The van der Waals surface area contributed by atoms with Gasteiger partial charge in [0.15, 0.2) is 0 Å². The molecule has 5 nitrogen and oxygen atoms in total. The first-order valence-corrected chi connectivity index (χ1v) is 6.44. The van der Waals surface area contributed by atoms with Crippen LogP contribution in [0.2, 0.25) is 0 Å². The lowest BCUT2D eigenvalue weighted by Gasteiger charge is -2.16. The normalized spacial score (nSPS) is 11.1. The van der Waals surface area contributed by atoms with Gasteiger partial charge in [0.25, 0.3) is 0 Å². The van der Waals surface area contributed by atoms with Crippen LogP contribution < -0.4 is 4.31 Å². The van der Waals surface area contributed by atoms with Gasteiger partial charge in [-0.15, -0.1) is 0 Å². The number of ether oxygens (including phenoxy) is 1. The topological polar surface area (TPSA) is 63.7 Å². The van der Waals surface area contributed by atoms with Gasteiger partial charge in [-0.05, 0) is 18.2 Å². The first-order chi connectivity index (χ1) is 7.77. The third-order valence-electron chi connectivity index (χ3n) is 2.22. The molecule has 1 rings (SSSR count). The number of hydrogen-bond acceptors (Lipinski definition) is 4. The largest absolute Gasteiger partial charge is 0.465 e. The Kier molecular flexibility index (Phi) is 3.72. The van der Waals surface area contributed by atoms with Crippen LogP contribution in [-0.2, 0) is 14.8 Å². The van der Waals surface area contributed by atoms with E-state index in [4.69, 9.17) is 0 Å². The number of carbonyl (C=O) groups excluding carboxylic acids is 1. The molecule has 0 fully saturated rings. The van der Waals surface area contributed by atoms with Crippen LogP contribution >= 0.6 is 0 Å². The summed E-state index contributed by atoms with van der Waals surface area (Å²) in [6.45, 7) is 0. The summed E-state index contributed by atoms with van der Waals surface area (Å²) in [6, 6.07) is 3.47. The first-order valence-electron chi connectivity index (χ1n) is 4.59. The summed E-state index contributed by atoms with van der Waals surface area (Å²) in [4.78, 5) is 11.1. The molecule has 0 bridgehead atoms. The molecular weight excluding hydrogens is 249 g/mol. The first kappa shape index (κ1) is 13.4. The summed E-state index contributed by atoms with van der Waals surface area (Å²) in [7, 11) is -1.03. The minimum Gasteiger partial charge on any atom is -0.465 e. The molecule has 0 aliphatic carbocycles. The minimum atomic E-state index is -3.46. The molecule has 1 aromatic rings. The number of halogens is 1. The molecule has 0 unspecified atom stereocenters. The van der Waals surface area contributed by atoms with Crippen LogP contribution in [0.4, 0.5) is 10.1 Å². The van der Waals surface area contributed by atoms with Crippen molar-refractivity contribution in [2.75, 3.05) is 24.7 Å². The standard InChI is InChI=1S/C10H12FNO4S/c1-12(17(3,14)15)7-4-5-8(9(11)6-7)10(13)16-2/h4-6H,1-3H3. The molecule has 0 N–H and O–H groups in total. The van der Waals surface area contributed by atoms with Crippen molar-refractivity contribution >= 4 is 21.7 Å². The molecule has 0 saturated heterocycles. The molecule has 1 aromatic carbocycles. The SMILES string of the molecule is COC(=O)c1ccc(N(C)S(C)(=O)=O)cc1F. The molecule has 0 aromatic heterocycles. The second kappa shape index (κ2) is 4.70. The predicted molar refractivity (Wildman–Crippen MR) is 61.0 cm³/mol. The fourth-order valence-corrected chi connectivity index (χ4v) is 1.66. The number of esters is 1. The zero-order chi connectivity index (χ0) is 13.2. The Balaban J connectivity index is 3.18. The fraction of sp³-hybridized carbons (Fsp3) is 0.300. The maximum Gasteiger partial charge on any atom is 0.340 e. The Morgan fingerprint density at radius 3 is 2.41 bits per heavy atom. The van der Waals surface area contributed by atoms with E-state index in [-0.39, 0.29) is 11.3 Å². The average Bonchev–Trinajstić information content (AvgIpc) is 2.25. The van der Waals surface area contributed by atoms with Gasteiger partial charge in [-0.1, -0.05) is 0 Å². The molecule has 0 aliphatic rings. The summed E-state index contributed by atoms with van der Waals surface area (Å²) in [6.07, 6.45) is 0.999.